The Morgan fingerprint density at radius 2 is 2.08 bits per heavy atom. The molecule has 0 spiro atoms. The monoisotopic (exact) mass is 371 g/mol. The van der Waals surface area contributed by atoms with Crippen LogP contribution in [0.3, 0.4) is 0 Å². The van der Waals surface area contributed by atoms with Gasteiger partial charge in [-0.3, -0.25) is 0 Å². The third-order valence-corrected chi connectivity index (χ3v) is 6.94. The van der Waals surface area contributed by atoms with Crippen molar-refractivity contribution in [3.05, 3.63) is 24.0 Å². The summed E-state index contributed by atoms with van der Waals surface area (Å²) in [5, 5.41) is 0. The fourth-order valence-corrected chi connectivity index (χ4v) is 4.62. The Morgan fingerprint density at radius 3 is 2.80 bits per heavy atom. The van der Waals surface area contributed by atoms with Crippen LogP contribution < -0.4 is 0 Å². The largest absolute Gasteiger partial charge is 0.381 e. The molecule has 0 aromatic carbocycles. The number of fused-ring (bicyclic) bond motifs is 1. The first kappa shape index (κ1) is 18.8. The average Bonchev–Trinajstić information content (AvgIpc) is 3.08. The summed E-state index contributed by atoms with van der Waals surface area (Å²) in [5.41, 5.74) is 1.03. The van der Waals surface area contributed by atoms with Gasteiger partial charge in [0.2, 0.25) is 0 Å². The van der Waals surface area contributed by atoms with E-state index in [2.05, 4.69) is 4.57 Å². The Hall–Kier alpha value is -0.930. The van der Waals surface area contributed by atoms with Crippen molar-refractivity contribution in [3.8, 4) is 0 Å². The van der Waals surface area contributed by atoms with Gasteiger partial charge in [0.25, 0.3) is 10.2 Å². The van der Waals surface area contributed by atoms with Crippen molar-refractivity contribution in [3.63, 3.8) is 0 Å². The summed E-state index contributed by atoms with van der Waals surface area (Å²) in [4.78, 5) is 0. The van der Waals surface area contributed by atoms with Crippen LogP contribution in [0.25, 0.3) is 0 Å². The number of aromatic nitrogens is 1. The SMILES string of the molecule is CN(C)S(=O)(=O)N1Cc2cccn2C(CCOCC2CCOCC2)C1. The predicted molar refractivity (Wildman–Crippen MR) is 95.5 cm³/mol. The molecule has 3 rings (SSSR count). The van der Waals surface area contributed by atoms with Crippen molar-refractivity contribution in [2.45, 2.75) is 31.8 Å². The molecule has 1 atom stereocenters. The average molecular weight is 372 g/mol. The first-order chi connectivity index (χ1) is 12.0. The lowest BCUT2D eigenvalue weighted by Gasteiger charge is -2.35. The number of rotatable bonds is 7. The highest BCUT2D eigenvalue weighted by Crippen LogP contribution is 2.27. The highest BCUT2D eigenvalue weighted by Gasteiger charge is 2.33. The molecule has 2 aliphatic heterocycles. The highest BCUT2D eigenvalue weighted by atomic mass is 32.2. The van der Waals surface area contributed by atoms with Gasteiger partial charge in [-0.2, -0.15) is 17.0 Å². The molecular weight excluding hydrogens is 342 g/mol. The molecule has 1 fully saturated rings. The lowest BCUT2D eigenvalue weighted by Crippen LogP contribution is -2.45. The fraction of sp³-hybridized carbons (Fsp3) is 0.765. The summed E-state index contributed by atoms with van der Waals surface area (Å²) < 4.78 is 41.3. The van der Waals surface area contributed by atoms with Crippen LogP contribution in [0.5, 0.6) is 0 Å². The van der Waals surface area contributed by atoms with Crippen LogP contribution in [0.15, 0.2) is 18.3 Å². The van der Waals surface area contributed by atoms with Gasteiger partial charge in [-0.05, 0) is 37.3 Å². The van der Waals surface area contributed by atoms with Crippen LogP contribution in [0.2, 0.25) is 0 Å². The van der Waals surface area contributed by atoms with Crippen molar-refractivity contribution < 1.29 is 17.9 Å². The Bertz CT molecular complexity index is 653. The van der Waals surface area contributed by atoms with E-state index in [1.165, 1.54) is 4.31 Å². The van der Waals surface area contributed by atoms with E-state index < -0.39 is 10.2 Å². The second kappa shape index (κ2) is 8.18. The van der Waals surface area contributed by atoms with Gasteiger partial charge in [0, 0.05) is 65.0 Å². The van der Waals surface area contributed by atoms with Crippen molar-refractivity contribution in [1.29, 1.82) is 0 Å². The van der Waals surface area contributed by atoms with E-state index in [0.29, 0.717) is 25.6 Å². The molecule has 142 valence electrons. The predicted octanol–water partition coefficient (Wildman–Crippen LogP) is 1.48. The summed E-state index contributed by atoms with van der Waals surface area (Å²) in [5.74, 6) is 0.591. The van der Waals surface area contributed by atoms with E-state index in [9.17, 15) is 8.42 Å². The minimum atomic E-state index is -3.40. The third-order valence-electron chi connectivity index (χ3n) is 5.09. The molecule has 1 aromatic heterocycles. The highest BCUT2D eigenvalue weighted by molar-refractivity contribution is 7.86. The molecule has 25 heavy (non-hydrogen) atoms. The number of nitrogens with zero attached hydrogens (tertiary/aromatic N) is 3. The first-order valence-electron chi connectivity index (χ1n) is 8.97. The molecule has 1 saturated heterocycles. The van der Waals surface area contributed by atoms with Crippen LogP contribution in [-0.4, -0.2) is 68.7 Å². The van der Waals surface area contributed by atoms with Gasteiger partial charge in [-0.25, -0.2) is 0 Å². The van der Waals surface area contributed by atoms with E-state index in [1.54, 1.807) is 18.4 Å². The van der Waals surface area contributed by atoms with Crippen LogP contribution in [0.4, 0.5) is 0 Å². The quantitative estimate of drug-likeness (QED) is 0.681. The minimum absolute atomic E-state index is 0.114. The topological polar surface area (TPSA) is 64.0 Å². The summed E-state index contributed by atoms with van der Waals surface area (Å²) in [6.07, 6.45) is 4.99. The number of hydrogen-bond donors (Lipinski definition) is 0. The maximum atomic E-state index is 12.5. The Kier molecular flexibility index (Phi) is 6.17. The molecule has 0 amide bonds. The summed E-state index contributed by atoms with van der Waals surface area (Å²) in [6, 6.07) is 4.09. The van der Waals surface area contributed by atoms with Gasteiger partial charge in [0.05, 0.1) is 6.54 Å². The molecular formula is C17H29N3O4S. The van der Waals surface area contributed by atoms with E-state index in [-0.39, 0.29) is 6.04 Å². The van der Waals surface area contributed by atoms with Crippen LogP contribution in [0.1, 0.15) is 31.0 Å². The van der Waals surface area contributed by atoms with Crippen LogP contribution in [0, 0.1) is 5.92 Å². The zero-order chi connectivity index (χ0) is 17.9. The van der Waals surface area contributed by atoms with E-state index in [0.717, 1.165) is 44.8 Å². The maximum absolute atomic E-state index is 12.5. The van der Waals surface area contributed by atoms with Crippen LogP contribution in [-0.2, 0) is 26.2 Å². The van der Waals surface area contributed by atoms with Crippen molar-refractivity contribution in [2.75, 3.05) is 47.1 Å². The van der Waals surface area contributed by atoms with Gasteiger partial charge < -0.3 is 14.0 Å². The van der Waals surface area contributed by atoms with Gasteiger partial charge >= 0.3 is 0 Å². The van der Waals surface area contributed by atoms with Crippen molar-refractivity contribution in [2.24, 2.45) is 5.92 Å². The molecule has 2 aliphatic rings. The molecule has 7 nitrogen and oxygen atoms in total. The maximum Gasteiger partial charge on any atom is 0.281 e. The number of ether oxygens (including phenoxy) is 2. The molecule has 0 radical (unpaired) electrons. The summed E-state index contributed by atoms with van der Waals surface area (Å²) in [6.45, 7) is 4.00. The van der Waals surface area contributed by atoms with Gasteiger partial charge in [-0.1, -0.05) is 0 Å². The summed E-state index contributed by atoms with van der Waals surface area (Å²) >= 11 is 0. The molecule has 0 aliphatic carbocycles. The van der Waals surface area contributed by atoms with Crippen LogP contribution >= 0.6 is 0 Å². The fourth-order valence-electron chi connectivity index (χ4n) is 3.51. The zero-order valence-corrected chi connectivity index (χ0v) is 16.0. The van der Waals surface area contributed by atoms with E-state index in [1.807, 2.05) is 18.3 Å². The Balaban J connectivity index is 1.56. The lowest BCUT2D eigenvalue weighted by molar-refractivity contribution is 0.0171. The Labute approximate surface area is 150 Å². The van der Waals surface area contributed by atoms with Gasteiger partial charge in [0.15, 0.2) is 0 Å². The third kappa shape index (κ3) is 4.43. The number of hydrogen-bond acceptors (Lipinski definition) is 4. The minimum Gasteiger partial charge on any atom is -0.381 e. The molecule has 1 unspecified atom stereocenters. The molecule has 1 aromatic rings. The molecule has 0 N–H and O–H groups in total. The molecule has 0 saturated carbocycles. The van der Waals surface area contributed by atoms with Gasteiger partial charge in [0.1, 0.15) is 0 Å². The van der Waals surface area contributed by atoms with Crippen molar-refractivity contribution >= 4 is 10.2 Å². The second-order valence-corrected chi connectivity index (χ2v) is 9.21. The molecule has 3 heterocycles. The van der Waals surface area contributed by atoms with Gasteiger partial charge in [-0.15, -0.1) is 0 Å². The normalized spacial score (nSPS) is 23.1. The standard InChI is InChI=1S/C17H29N3O4S/c1-18(2)25(21,22)19-12-16-4-3-8-20(16)17(13-19)7-11-24-14-15-5-9-23-10-6-15/h3-4,8,15,17H,5-7,9-14H2,1-2H3. The van der Waals surface area contributed by atoms with E-state index in [4.69, 9.17) is 9.47 Å². The van der Waals surface area contributed by atoms with Crippen molar-refractivity contribution in [1.82, 2.24) is 13.2 Å². The zero-order valence-electron chi connectivity index (χ0n) is 15.1. The smallest absolute Gasteiger partial charge is 0.281 e. The Morgan fingerprint density at radius 1 is 1.32 bits per heavy atom. The molecule has 0 bridgehead atoms. The lowest BCUT2D eigenvalue weighted by atomic mass is 10.0. The molecule has 8 heteroatoms. The summed E-state index contributed by atoms with van der Waals surface area (Å²) in [7, 11) is -0.246. The first-order valence-corrected chi connectivity index (χ1v) is 10.4. The second-order valence-electron chi connectivity index (χ2n) is 7.06. The van der Waals surface area contributed by atoms with E-state index >= 15 is 0 Å².